The summed E-state index contributed by atoms with van der Waals surface area (Å²) in [7, 11) is 0. The number of nitrogens with one attached hydrogen (secondary N) is 1. The highest BCUT2D eigenvalue weighted by Gasteiger charge is 2.25. The molecule has 452 valence electrons. The van der Waals surface area contributed by atoms with Crippen molar-refractivity contribution in [2.24, 2.45) is 0 Å². The number of nitrogens with zero attached hydrogens (tertiary/aromatic N) is 7. The highest BCUT2D eigenvalue weighted by molar-refractivity contribution is 6.33. The number of fused-ring (bicyclic) bond motifs is 12. The van der Waals surface area contributed by atoms with E-state index >= 15 is 0 Å². The highest BCUT2D eigenvalue weighted by Crippen LogP contribution is 2.46. The Morgan fingerprint density at radius 2 is 0.629 bits per heavy atom. The number of benzene rings is 14. The van der Waals surface area contributed by atoms with Crippen LogP contribution >= 0.6 is 11.6 Å². The molecule has 0 saturated carbocycles. The number of halogens is 1. The van der Waals surface area contributed by atoms with Crippen LogP contribution in [0.1, 0.15) is 0 Å². The first-order valence-corrected chi connectivity index (χ1v) is 33.1. The lowest BCUT2D eigenvalue weighted by Crippen LogP contribution is -2.03. The number of para-hydroxylation sites is 4. The molecule has 0 aliphatic rings. The van der Waals surface area contributed by atoms with E-state index in [0.29, 0.717) is 5.95 Å². The molecule has 1 N–H and O–H groups in total. The molecule has 8 heterocycles. The fourth-order valence-corrected chi connectivity index (χ4v) is 15.8. The van der Waals surface area contributed by atoms with Crippen LogP contribution in [0.4, 0.5) is 0 Å². The van der Waals surface area contributed by atoms with Crippen LogP contribution in [0.2, 0.25) is 5.28 Å². The Morgan fingerprint density at radius 1 is 0.247 bits per heavy atom. The molecular formula is C88H53ClN8. The van der Waals surface area contributed by atoms with Crippen LogP contribution in [-0.2, 0) is 0 Å². The third kappa shape index (κ3) is 8.44. The largest absolute Gasteiger partial charge is 0.354 e. The van der Waals surface area contributed by atoms with E-state index in [0.717, 1.165) is 77.6 Å². The number of aromatic amines is 1. The maximum absolute atomic E-state index is 6.15. The normalized spacial score (nSPS) is 12.0. The Bertz CT molecular complexity index is 6870. The molecular weight excluding hydrogens is 1200 g/mol. The van der Waals surface area contributed by atoms with Crippen molar-refractivity contribution in [2.45, 2.75) is 0 Å². The zero-order valence-electron chi connectivity index (χ0n) is 52.0. The molecule has 22 aromatic rings. The zero-order chi connectivity index (χ0) is 63.8. The van der Waals surface area contributed by atoms with Gasteiger partial charge in [-0.3, -0.25) is 4.57 Å². The zero-order valence-corrected chi connectivity index (χ0v) is 52.8. The molecule has 0 fully saturated rings. The van der Waals surface area contributed by atoms with Crippen molar-refractivity contribution < 1.29 is 0 Å². The average molecular weight is 1260 g/mol. The van der Waals surface area contributed by atoms with Gasteiger partial charge in [-0.1, -0.05) is 243 Å². The van der Waals surface area contributed by atoms with E-state index < -0.39 is 0 Å². The fourth-order valence-electron chi connectivity index (χ4n) is 15.6. The van der Waals surface area contributed by atoms with Crippen LogP contribution in [0.5, 0.6) is 0 Å². The lowest BCUT2D eigenvalue weighted by Gasteiger charge is -2.13. The van der Waals surface area contributed by atoms with Gasteiger partial charge in [0.05, 0.1) is 66.6 Å². The number of H-pyrrole nitrogens is 1. The number of rotatable bonds is 5. The first kappa shape index (κ1) is 54.8. The van der Waals surface area contributed by atoms with Crippen molar-refractivity contribution in [3.63, 3.8) is 0 Å². The quantitative estimate of drug-likeness (QED) is 0.174. The average Bonchev–Trinajstić information content (AvgIpc) is 1.46. The molecule has 0 unspecified atom stereocenters. The predicted molar refractivity (Wildman–Crippen MR) is 405 cm³/mol. The summed E-state index contributed by atoms with van der Waals surface area (Å²) in [6.45, 7) is 0. The SMILES string of the molecule is Clc1nc(-c2ccccc2)c2ccc(-c3ccccc3)cc2n1.c1cc2[nH]c3cccc4c3c2c(c1)c1cccc2c3ccccc3n4c12.c1ccc(-c2ccc3c(-c4ccccc4)nc(-n4c5cccc6c7cccc8c9ccccc9n(c9cccc4c9c65)c78)nc3c2)cc1. The standard InChI is InChI=1S/C44H26N4.C24H14N2.C20H13ClN2/c1-3-12-27(13-4-1)29-24-25-34-35(26-29)45-44(46-42(34)28-14-5-2-6-15-28)48-37-21-10-17-31-33-19-9-18-32-30-16-7-8-20-36(30)47(43(32)33)38-22-11-23-39(48)41(38)40(31)37;1-2-12-20-14(6-1)16-8-3-9-17-15-7-4-10-18-22(15)23-19(25-18)11-5-13-21(23)26(20)24(16)17;21-20-22-18-13-16(14-7-3-1-4-8-14)11-12-17(18)19(23-20)15-9-5-2-6-10-15/h1-26H;1-13,25H;1-13H. The van der Waals surface area contributed by atoms with Crippen molar-refractivity contribution in [3.8, 4) is 50.7 Å². The minimum atomic E-state index is 0.265. The monoisotopic (exact) mass is 1260 g/mol. The van der Waals surface area contributed by atoms with Gasteiger partial charge in [-0.15, -0.1) is 0 Å². The summed E-state index contributed by atoms with van der Waals surface area (Å²) < 4.78 is 7.19. The number of hydrogen-bond donors (Lipinski definition) is 1. The van der Waals surface area contributed by atoms with Gasteiger partial charge in [-0.2, -0.15) is 0 Å². The molecule has 9 heteroatoms. The Morgan fingerprint density at radius 3 is 1.20 bits per heavy atom. The minimum Gasteiger partial charge on any atom is -0.354 e. The minimum absolute atomic E-state index is 0.265. The Kier molecular flexibility index (Phi) is 12.2. The van der Waals surface area contributed by atoms with Crippen molar-refractivity contribution in [2.75, 3.05) is 0 Å². The van der Waals surface area contributed by atoms with E-state index in [4.69, 9.17) is 21.6 Å². The van der Waals surface area contributed by atoms with Crippen LogP contribution in [0.25, 0.3) is 192 Å². The first-order chi connectivity index (χ1) is 48.1. The van der Waals surface area contributed by atoms with E-state index in [1.54, 1.807) is 0 Å². The van der Waals surface area contributed by atoms with Gasteiger partial charge >= 0.3 is 0 Å². The van der Waals surface area contributed by atoms with Crippen LogP contribution in [0.15, 0.2) is 315 Å². The highest BCUT2D eigenvalue weighted by atomic mass is 35.5. The van der Waals surface area contributed by atoms with Gasteiger partial charge in [0.15, 0.2) is 0 Å². The second-order valence-electron chi connectivity index (χ2n) is 25.0. The van der Waals surface area contributed by atoms with Gasteiger partial charge in [0, 0.05) is 86.8 Å². The van der Waals surface area contributed by atoms with Gasteiger partial charge in [0.1, 0.15) is 0 Å². The van der Waals surface area contributed by atoms with E-state index in [2.05, 4.69) is 295 Å². The summed E-state index contributed by atoms with van der Waals surface area (Å²) in [6.07, 6.45) is 0. The van der Waals surface area contributed by atoms with Gasteiger partial charge in [-0.05, 0) is 117 Å². The topological polar surface area (TPSA) is 81.1 Å². The fraction of sp³-hybridized carbons (Fsp3) is 0. The Balaban J connectivity index is 0.000000110. The van der Waals surface area contributed by atoms with E-state index in [9.17, 15) is 0 Å². The second kappa shape index (κ2) is 21.7. The smallest absolute Gasteiger partial charge is 0.235 e. The summed E-state index contributed by atoms with van der Waals surface area (Å²) in [5.74, 6) is 0.664. The summed E-state index contributed by atoms with van der Waals surface area (Å²) >= 11 is 6.15. The molecule has 14 aromatic carbocycles. The van der Waals surface area contributed by atoms with Gasteiger partial charge in [0.25, 0.3) is 0 Å². The summed E-state index contributed by atoms with van der Waals surface area (Å²) in [6, 6.07) is 111. The van der Waals surface area contributed by atoms with Crippen LogP contribution in [0, 0.1) is 0 Å². The van der Waals surface area contributed by atoms with Crippen molar-refractivity contribution in [1.29, 1.82) is 0 Å². The van der Waals surface area contributed by atoms with Crippen LogP contribution in [-0.4, -0.2) is 38.3 Å². The van der Waals surface area contributed by atoms with Gasteiger partial charge in [0.2, 0.25) is 11.2 Å². The van der Waals surface area contributed by atoms with Crippen molar-refractivity contribution in [1.82, 2.24) is 38.3 Å². The maximum atomic E-state index is 6.15. The van der Waals surface area contributed by atoms with Crippen LogP contribution in [0.3, 0.4) is 0 Å². The molecule has 8 nitrogen and oxygen atoms in total. The van der Waals surface area contributed by atoms with E-state index in [-0.39, 0.29) is 5.28 Å². The number of hydrogen-bond acceptors (Lipinski definition) is 4. The molecule has 0 aliphatic carbocycles. The molecule has 0 saturated heterocycles. The van der Waals surface area contributed by atoms with Gasteiger partial charge < -0.3 is 13.8 Å². The molecule has 0 bridgehead atoms. The van der Waals surface area contributed by atoms with Crippen LogP contribution < -0.4 is 0 Å². The molecule has 8 aromatic heterocycles. The lowest BCUT2D eigenvalue weighted by atomic mass is 10.0. The third-order valence-corrected chi connectivity index (χ3v) is 19.9. The van der Waals surface area contributed by atoms with Crippen molar-refractivity contribution >= 4 is 153 Å². The van der Waals surface area contributed by atoms with Crippen molar-refractivity contribution in [3.05, 3.63) is 321 Å². The summed E-state index contributed by atoms with van der Waals surface area (Å²) in [4.78, 5) is 23.2. The predicted octanol–water partition coefficient (Wildman–Crippen LogP) is 23.3. The van der Waals surface area contributed by atoms with E-state index in [1.807, 2.05) is 48.5 Å². The molecule has 0 amide bonds. The molecule has 0 radical (unpaired) electrons. The van der Waals surface area contributed by atoms with E-state index in [1.165, 1.54) is 109 Å². The molecule has 0 aliphatic heterocycles. The number of aromatic nitrogens is 8. The summed E-state index contributed by atoms with van der Waals surface area (Å²) in [5, 5.41) is 17.6. The first-order valence-electron chi connectivity index (χ1n) is 32.7. The Labute approximate surface area is 559 Å². The molecule has 22 rings (SSSR count). The third-order valence-electron chi connectivity index (χ3n) is 19.7. The molecule has 0 atom stereocenters. The second-order valence-corrected chi connectivity index (χ2v) is 25.3. The maximum Gasteiger partial charge on any atom is 0.235 e. The molecule has 0 spiro atoms. The lowest BCUT2D eigenvalue weighted by molar-refractivity contribution is 1.01. The van der Waals surface area contributed by atoms with Gasteiger partial charge in [-0.25, -0.2) is 19.9 Å². The Hall–Kier alpha value is -12.8. The summed E-state index contributed by atoms with van der Waals surface area (Å²) in [5.41, 5.74) is 22.3. The molecule has 97 heavy (non-hydrogen) atoms.